The van der Waals surface area contributed by atoms with Crippen molar-refractivity contribution in [1.29, 1.82) is 0 Å². The average Bonchev–Trinajstić information content (AvgIpc) is 2.45. The summed E-state index contributed by atoms with van der Waals surface area (Å²) in [6.07, 6.45) is 0.0763. The maximum absolute atomic E-state index is 9.34. The van der Waals surface area contributed by atoms with E-state index < -0.39 is 0 Å². The van der Waals surface area contributed by atoms with Crippen LogP contribution in [0, 0.1) is 0 Å². The lowest BCUT2D eigenvalue weighted by Gasteiger charge is -2.30. The molecule has 1 aromatic carbocycles. The molecule has 5 nitrogen and oxygen atoms in total. The van der Waals surface area contributed by atoms with Gasteiger partial charge < -0.3 is 24.2 Å². The Morgan fingerprint density at radius 2 is 2.32 bits per heavy atom. The quantitative estimate of drug-likeness (QED) is 0.859. The van der Waals surface area contributed by atoms with Crippen molar-refractivity contribution in [1.82, 2.24) is 4.90 Å². The Morgan fingerprint density at radius 1 is 1.47 bits per heavy atom. The summed E-state index contributed by atoms with van der Waals surface area (Å²) in [6.45, 7) is 2.98. The van der Waals surface area contributed by atoms with Gasteiger partial charge in [-0.25, -0.2) is 0 Å². The molecule has 1 atom stereocenters. The largest absolute Gasteiger partial charge is 0.497 e. The zero-order valence-corrected chi connectivity index (χ0v) is 11.5. The van der Waals surface area contributed by atoms with E-state index in [2.05, 4.69) is 11.9 Å². The summed E-state index contributed by atoms with van der Waals surface area (Å²) < 4.78 is 16.5. The lowest BCUT2D eigenvalue weighted by Crippen LogP contribution is -2.42. The van der Waals surface area contributed by atoms with Crippen molar-refractivity contribution in [2.75, 3.05) is 40.5 Å². The molecular weight excluding hydrogens is 246 g/mol. The summed E-state index contributed by atoms with van der Waals surface area (Å²) in [5.74, 6) is 1.39. The third-order valence-electron chi connectivity index (χ3n) is 3.20. The molecule has 1 heterocycles. The number of ether oxygens (including phenoxy) is 3. The Balaban J connectivity index is 1.95. The topological polar surface area (TPSA) is 51.2 Å². The van der Waals surface area contributed by atoms with Gasteiger partial charge >= 0.3 is 0 Å². The van der Waals surface area contributed by atoms with Gasteiger partial charge in [0, 0.05) is 18.7 Å². The molecule has 1 aromatic rings. The number of aliphatic hydroxyl groups is 1. The molecule has 1 N–H and O–H groups in total. The van der Waals surface area contributed by atoms with Crippen LogP contribution in [0.1, 0.15) is 5.56 Å². The Morgan fingerprint density at radius 3 is 3.00 bits per heavy atom. The van der Waals surface area contributed by atoms with Crippen molar-refractivity contribution in [3.8, 4) is 11.5 Å². The smallest absolute Gasteiger partial charge is 0.125 e. The summed E-state index contributed by atoms with van der Waals surface area (Å²) in [5, 5.41) is 9.34. The molecule has 1 fully saturated rings. The zero-order valence-electron chi connectivity index (χ0n) is 11.5. The molecule has 106 valence electrons. The molecule has 0 radical (unpaired) electrons. The highest BCUT2D eigenvalue weighted by Gasteiger charge is 2.18. The first-order chi connectivity index (χ1) is 9.22. The predicted molar refractivity (Wildman–Crippen MR) is 71.6 cm³/mol. The molecule has 19 heavy (non-hydrogen) atoms. The standard InChI is InChI=1S/C14H21NO4/c1-15-5-6-18-13(8-15)10-19-14-4-3-12(17-2)7-11(14)9-16/h3-4,7,13,16H,5-6,8-10H2,1-2H3. The zero-order chi connectivity index (χ0) is 13.7. The van der Waals surface area contributed by atoms with Gasteiger partial charge in [0.05, 0.1) is 20.3 Å². The fourth-order valence-corrected chi connectivity index (χ4v) is 2.10. The second-order valence-electron chi connectivity index (χ2n) is 4.70. The summed E-state index contributed by atoms with van der Waals surface area (Å²) in [4.78, 5) is 2.22. The molecule has 0 spiro atoms. The number of morpholine rings is 1. The number of hydrogen-bond donors (Lipinski definition) is 1. The highest BCUT2D eigenvalue weighted by atomic mass is 16.5. The van der Waals surface area contributed by atoms with Crippen LogP contribution in [0.15, 0.2) is 18.2 Å². The van der Waals surface area contributed by atoms with Gasteiger partial charge in [-0.3, -0.25) is 0 Å². The maximum atomic E-state index is 9.34. The van der Waals surface area contributed by atoms with Gasteiger partial charge in [-0.2, -0.15) is 0 Å². The van der Waals surface area contributed by atoms with Crippen LogP contribution < -0.4 is 9.47 Å². The summed E-state index contributed by atoms with van der Waals surface area (Å²) in [7, 11) is 3.67. The normalized spacial score (nSPS) is 20.3. The lowest BCUT2D eigenvalue weighted by atomic mass is 10.2. The minimum absolute atomic E-state index is 0.0715. The maximum Gasteiger partial charge on any atom is 0.125 e. The first kappa shape index (κ1) is 14.1. The molecule has 1 unspecified atom stereocenters. The van der Waals surface area contributed by atoms with Crippen LogP contribution in [0.5, 0.6) is 11.5 Å². The molecule has 0 saturated carbocycles. The van der Waals surface area contributed by atoms with Crippen molar-refractivity contribution in [3.63, 3.8) is 0 Å². The third-order valence-corrected chi connectivity index (χ3v) is 3.20. The number of benzene rings is 1. The molecule has 1 aliphatic rings. The number of rotatable bonds is 5. The Labute approximate surface area is 113 Å². The van der Waals surface area contributed by atoms with Crippen molar-refractivity contribution < 1.29 is 19.3 Å². The van der Waals surface area contributed by atoms with Crippen LogP contribution in [0.3, 0.4) is 0 Å². The van der Waals surface area contributed by atoms with Crippen LogP contribution in [0.2, 0.25) is 0 Å². The van der Waals surface area contributed by atoms with E-state index in [-0.39, 0.29) is 12.7 Å². The fourth-order valence-electron chi connectivity index (χ4n) is 2.10. The first-order valence-electron chi connectivity index (χ1n) is 6.43. The Bertz CT molecular complexity index is 410. The summed E-state index contributed by atoms with van der Waals surface area (Å²) in [6, 6.07) is 5.42. The second kappa shape index (κ2) is 6.75. The number of likely N-dealkylation sites (N-methyl/N-ethyl adjacent to an activating group) is 1. The van der Waals surface area contributed by atoms with Gasteiger partial charge in [0.15, 0.2) is 0 Å². The SMILES string of the molecule is COc1ccc(OCC2CN(C)CCO2)c(CO)c1. The molecule has 1 aliphatic heterocycles. The number of methoxy groups -OCH3 is 1. The third kappa shape index (κ3) is 3.83. The molecule has 2 rings (SSSR count). The van der Waals surface area contributed by atoms with E-state index in [1.165, 1.54) is 0 Å². The minimum Gasteiger partial charge on any atom is -0.497 e. The van der Waals surface area contributed by atoms with Crippen LogP contribution in [0.25, 0.3) is 0 Å². The van der Waals surface area contributed by atoms with E-state index in [9.17, 15) is 5.11 Å². The van der Waals surface area contributed by atoms with Crippen molar-refractivity contribution in [2.45, 2.75) is 12.7 Å². The highest BCUT2D eigenvalue weighted by molar-refractivity contribution is 5.39. The van der Waals surface area contributed by atoms with Crippen molar-refractivity contribution in [2.24, 2.45) is 0 Å². The fraction of sp³-hybridized carbons (Fsp3) is 0.571. The van der Waals surface area contributed by atoms with E-state index in [0.717, 1.165) is 25.3 Å². The molecular formula is C14H21NO4. The lowest BCUT2D eigenvalue weighted by molar-refractivity contribution is -0.0406. The van der Waals surface area contributed by atoms with Crippen LogP contribution in [-0.2, 0) is 11.3 Å². The van der Waals surface area contributed by atoms with Crippen molar-refractivity contribution >= 4 is 0 Å². The number of hydrogen-bond acceptors (Lipinski definition) is 5. The Hall–Kier alpha value is -1.30. The van der Waals surface area contributed by atoms with E-state index in [0.29, 0.717) is 18.1 Å². The molecule has 5 heteroatoms. The van der Waals surface area contributed by atoms with Gasteiger partial charge in [-0.15, -0.1) is 0 Å². The van der Waals surface area contributed by atoms with E-state index in [4.69, 9.17) is 14.2 Å². The molecule has 0 aliphatic carbocycles. The van der Waals surface area contributed by atoms with Crippen molar-refractivity contribution in [3.05, 3.63) is 23.8 Å². The Kier molecular flexibility index (Phi) is 5.01. The van der Waals surface area contributed by atoms with Gasteiger partial charge in [0.1, 0.15) is 24.2 Å². The first-order valence-corrected chi connectivity index (χ1v) is 6.43. The molecule has 0 amide bonds. The molecule has 0 bridgehead atoms. The van der Waals surface area contributed by atoms with E-state index >= 15 is 0 Å². The van der Waals surface area contributed by atoms with Gasteiger partial charge in [0.25, 0.3) is 0 Å². The monoisotopic (exact) mass is 267 g/mol. The van der Waals surface area contributed by atoms with Crippen LogP contribution >= 0.6 is 0 Å². The van der Waals surface area contributed by atoms with Gasteiger partial charge in [-0.1, -0.05) is 0 Å². The highest BCUT2D eigenvalue weighted by Crippen LogP contribution is 2.24. The van der Waals surface area contributed by atoms with E-state index in [1.54, 1.807) is 13.2 Å². The number of nitrogens with zero attached hydrogens (tertiary/aromatic N) is 1. The van der Waals surface area contributed by atoms with E-state index in [1.807, 2.05) is 12.1 Å². The van der Waals surface area contributed by atoms with Gasteiger partial charge in [0.2, 0.25) is 0 Å². The molecule has 0 aromatic heterocycles. The molecule has 1 saturated heterocycles. The summed E-state index contributed by atoms with van der Waals surface area (Å²) >= 11 is 0. The predicted octanol–water partition coefficient (Wildman–Crippen LogP) is 0.897. The number of aliphatic hydroxyl groups excluding tert-OH is 1. The van der Waals surface area contributed by atoms with Gasteiger partial charge in [-0.05, 0) is 25.2 Å². The van der Waals surface area contributed by atoms with Crippen LogP contribution in [0.4, 0.5) is 0 Å². The second-order valence-corrected chi connectivity index (χ2v) is 4.70. The summed E-state index contributed by atoms with van der Waals surface area (Å²) in [5.41, 5.74) is 0.725. The average molecular weight is 267 g/mol. The van der Waals surface area contributed by atoms with Crippen LogP contribution in [-0.4, -0.2) is 56.6 Å². The minimum atomic E-state index is -0.0715.